The fourth-order valence-electron chi connectivity index (χ4n) is 2.17. The molecule has 0 aliphatic carbocycles. The monoisotopic (exact) mass is 364 g/mol. The van der Waals surface area contributed by atoms with E-state index in [4.69, 9.17) is 11.6 Å². The molecular weight excluding hydrogens is 354 g/mol. The first kappa shape index (κ1) is 16.8. The van der Waals surface area contributed by atoms with Crippen LogP contribution in [0.25, 0.3) is 5.65 Å². The van der Waals surface area contributed by atoms with E-state index in [1.807, 2.05) is 0 Å². The second-order valence-electron chi connectivity index (χ2n) is 5.14. The number of nitrogens with one attached hydrogen (secondary N) is 2. The first-order valence-corrected chi connectivity index (χ1v) is 7.47. The van der Waals surface area contributed by atoms with Gasteiger partial charge >= 0.3 is 11.8 Å². The molecule has 2 aromatic heterocycles. The van der Waals surface area contributed by atoms with Gasteiger partial charge in [-0.25, -0.2) is 13.8 Å². The van der Waals surface area contributed by atoms with Crippen molar-refractivity contribution in [1.29, 1.82) is 0 Å². The van der Waals surface area contributed by atoms with Crippen molar-refractivity contribution in [3.05, 3.63) is 65.1 Å². The summed E-state index contributed by atoms with van der Waals surface area (Å²) in [5.74, 6) is -3.73. The van der Waals surface area contributed by atoms with Gasteiger partial charge in [0.1, 0.15) is 17.3 Å². The standard InChI is InChI=1S/C16H11ClF2N4O2/c17-9-1-2-14-21-13(8-23(14)7-9)6-20-15(24)16(25)22-12-4-10(18)3-11(19)5-12/h1-5,7-8H,6H2,(H,20,24)(H,22,25). The lowest BCUT2D eigenvalue weighted by atomic mass is 10.3. The normalized spacial score (nSPS) is 10.7. The van der Waals surface area contributed by atoms with E-state index in [-0.39, 0.29) is 12.2 Å². The Bertz CT molecular complexity index is 954. The van der Waals surface area contributed by atoms with Crippen LogP contribution in [0.2, 0.25) is 5.02 Å². The Balaban J connectivity index is 1.61. The number of halogens is 3. The van der Waals surface area contributed by atoms with E-state index in [2.05, 4.69) is 15.6 Å². The Morgan fingerprint density at radius 1 is 1.08 bits per heavy atom. The van der Waals surface area contributed by atoms with Gasteiger partial charge in [-0.1, -0.05) is 11.6 Å². The molecule has 2 N–H and O–H groups in total. The van der Waals surface area contributed by atoms with Crippen molar-refractivity contribution in [3.63, 3.8) is 0 Å². The number of rotatable bonds is 3. The summed E-state index contributed by atoms with van der Waals surface area (Å²) in [5, 5.41) is 5.03. The Morgan fingerprint density at radius 2 is 1.80 bits per heavy atom. The molecule has 0 atom stereocenters. The molecule has 0 radical (unpaired) electrons. The number of benzene rings is 1. The summed E-state index contributed by atoms with van der Waals surface area (Å²) < 4.78 is 27.8. The molecule has 0 saturated heterocycles. The zero-order valence-corrected chi connectivity index (χ0v) is 13.3. The molecule has 0 fully saturated rings. The summed E-state index contributed by atoms with van der Waals surface area (Å²) in [6, 6.07) is 5.85. The molecule has 0 aliphatic rings. The zero-order valence-electron chi connectivity index (χ0n) is 12.6. The quantitative estimate of drug-likeness (QED) is 0.701. The van der Waals surface area contributed by atoms with Gasteiger partial charge < -0.3 is 15.0 Å². The zero-order chi connectivity index (χ0) is 18.0. The Morgan fingerprint density at radius 3 is 2.52 bits per heavy atom. The lowest BCUT2D eigenvalue weighted by Crippen LogP contribution is -2.35. The lowest BCUT2D eigenvalue weighted by molar-refractivity contribution is -0.136. The topological polar surface area (TPSA) is 75.5 Å². The molecule has 128 valence electrons. The fourth-order valence-corrected chi connectivity index (χ4v) is 2.34. The SMILES string of the molecule is O=C(NCc1cn2cc(Cl)ccc2n1)C(=O)Nc1cc(F)cc(F)c1. The van der Waals surface area contributed by atoms with Gasteiger partial charge in [-0.15, -0.1) is 0 Å². The molecule has 2 heterocycles. The van der Waals surface area contributed by atoms with E-state index in [9.17, 15) is 18.4 Å². The number of imidazole rings is 1. The molecule has 3 aromatic rings. The molecule has 0 saturated carbocycles. The average molecular weight is 365 g/mol. The highest BCUT2D eigenvalue weighted by molar-refractivity contribution is 6.39. The Hall–Kier alpha value is -3.00. The van der Waals surface area contributed by atoms with E-state index in [1.54, 1.807) is 28.9 Å². The van der Waals surface area contributed by atoms with Gasteiger partial charge in [0.15, 0.2) is 0 Å². The minimum Gasteiger partial charge on any atom is -0.342 e. The number of anilines is 1. The number of carbonyl (C=O) groups excluding carboxylic acids is 2. The number of aromatic nitrogens is 2. The molecule has 6 nitrogen and oxygen atoms in total. The van der Waals surface area contributed by atoms with Gasteiger partial charge in [0.25, 0.3) is 0 Å². The maximum absolute atomic E-state index is 13.1. The van der Waals surface area contributed by atoms with Crippen molar-refractivity contribution in [2.24, 2.45) is 0 Å². The van der Waals surface area contributed by atoms with Gasteiger partial charge in [-0.2, -0.15) is 0 Å². The van der Waals surface area contributed by atoms with Gasteiger partial charge in [0.05, 0.1) is 17.3 Å². The molecule has 0 unspecified atom stereocenters. The summed E-state index contributed by atoms with van der Waals surface area (Å²) in [4.78, 5) is 27.8. The Labute approximate surface area is 145 Å². The maximum atomic E-state index is 13.1. The third kappa shape index (κ3) is 4.10. The van der Waals surface area contributed by atoms with Crippen LogP contribution < -0.4 is 10.6 Å². The lowest BCUT2D eigenvalue weighted by Gasteiger charge is -2.06. The second kappa shape index (κ2) is 6.86. The number of pyridine rings is 1. The van der Waals surface area contributed by atoms with Crippen LogP contribution in [0.3, 0.4) is 0 Å². The Kier molecular flexibility index (Phi) is 4.62. The van der Waals surface area contributed by atoms with Crippen molar-refractivity contribution in [2.75, 3.05) is 5.32 Å². The minimum absolute atomic E-state index is 0.00304. The van der Waals surface area contributed by atoms with E-state index >= 15 is 0 Å². The number of hydrogen-bond donors (Lipinski definition) is 2. The van der Waals surface area contributed by atoms with Crippen molar-refractivity contribution >= 4 is 34.7 Å². The molecule has 0 spiro atoms. The third-order valence-electron chi connectivity index (χ3n) is 3.22. The number of fused-ring (bicyclic) bond motifs is 1. The predicted molar refractivity (Wildman–Crippen MR) is 87.0 cm³/mol. The average Bonchev–Trinajstić information content (AvgIpc) is 2.93. The molecule has 3 rings (SSSR count). The summed E-state index contributed by atoms with van der Waals surface area (Å²) >= 11 is 5.87. The minimum atomic E-state index is -1.04. The van der Waals surface area contributed by atoms with E-state index in [0.29, 0.717) is 22.4 Å². The molecule has 25 heavy (non-hydrogen) atoms. The molecule has 9 heteroatoms. The van der Waals surface area contributed by atoms with Gasteiger partial charge in [0.2, 0.25) is 0 Å². The summed E-state index contributed by atoms with van der Waals surface area (Å²) in [6.07, 6.45) is 3.31. The van der Waals surface area contributed by atoms with Crippen LogP contribution in [0.4, 0.5) is 14.5 Å². The summed E-state index contributed by atoms with van der Waals surface area (Å²) in [5.41, 5.74) is 0.994. The van der Waals surface area contributed by atoms with Gasteiger partial charge in [0, 0.05) is 24.1 Å². The highest BCUT2D eigenvalue weighted by Gasteiger charge is 2.15. The highest BCUT2D eigenvalue weighted by Crippen LogP contribution is 2.13. The maximum Gasteiger partial charge on any atom is 0.313 e. The van der Waals surface area contributed by atoms with Crippen molar-refractivity contribution in [2.45, 2.75) is 6.54 Å². The summed E-state index contributed by atoms with van der Waals surface area (Å²) in [6.45, 7) is 0.00304. The predicted octanol–water partition coefficient (Wildman–Crippen LogP) is 2.52. The van der Waals surface area contributed by atoms with Crippen LogP contribution in [0, 0.1) is 11.6 Å². The van der Waals surface area contributed by atoms with Crippen LogP contribution >= 0.6 is 11.6 Å². The molecular formula is C16H11ClF2N4O2. The first-order chi connectivity index (χ1) is 11.9. The van der Waals surface area contributed by atoms with E-state index in [1.165, 1.54) is 0 Å². The van der Waals surface area contributed by atoms with Gasteiger partial charge in [-0.05, 0) is 24.3 Å². The second-order valence-corrected chi connectivity index (χ2v) is 5.58. The van der Waals surface area contributed by atoms with Gasteiger partial charge in [-0.3, -0.25) is 9.59 Å². The largest absolute Gasteiger partial charge is 0.342 e. The molecule has 0 aliphatic heterocycles. The highest BCUT2D eigenvalue weighted by atomic mass is 35.5. The van der Waals surface area contributed by atoms with Crippen LogP contribution in [-0.4, -0.2) is 21.2 Å². The van der Waals surface area contributed by atoms with Crippen molar-refractivity contribution in [3.8, 4) is 0 Å². The third-order valence-corrected chi connectivity index (χ3v) is 3.45. The first-order valence-electron chi connectivity index (χ1n) is 7.09. The number of nitrogens with zero attached hydrogens (tertiary/aromatic N) is 2. The van der Waals surface area contributed by atoms with Crippen molar-refractivity contribution < 1.29 is 18.4 Å². The van der Waals surface area contributed by atoms with E-state index < -0.39 is 23.4 Å². The number of amides is 2. The molecule has 2 amide bonds. The van der Waals surface area contributed by atoms with Crippen LogP contribution in [0.5, 0.6) is 0 Å². The van der Waals surface area contributed by atoms with Crippen LogP contribution in [0.15, 0.2) is 42.7 Å². The fraction of sp³-hybridized carbons (Fsp3) is 0.0625. The molecule has 0 bridgehead atoms. The van der Waals surface area contributed by atoms with E-state index in [0.717, 1.165) is 12.1 Å². The smallest absolute Gasteiger partial charge is 0.313 e. The van der Waals surface area contributed by atoms with Crippen LogP contribution in [0.1, 0.15) is 5.69 Å². The molecule has 1 aromatic carbocycles. The van der Waals surface area contributed by atoms with Crippen molar-refractivity contribution in [1.82, 2.24) is 14.7 Å². The number of carbonyl (C=O) groups is 2. The summed E-state index contributed by atoms with van der Waals surface area (Å²) in [7, 11) is 0. The van der Waals surface area contributed by atoms with Crippen LogP contribution in [-0.2, 0) is 16.1 Å². The number of hydrogen-bond acceptors (Lipinski definition) is 3.